The maximum Gasteiger partial charge on any atom is 0.0628 e. The summed E-state index contributed by atoms with van der Waals surface area (Å²) in [5.74, 6) is 0. The van der Waals surface area contributed by atoms with Gasteiger partial charge in [0.05, 0.1) is 5.69 Å². The first kappa shape index (κ1) is 16.2. The van der Waals surface area contributed by atoms with E-state index in [0.717, 1.165) is 19.4 Å². The third-order valence-corrected chi connectivity index (χ3v) is 5.02. The zero-order chi connectivity index (χ0) is 15.4. The van der Waals surface area contributed by atoms with Crippen LogP contribution in [0.5, 0.6) is 0 Å². The number of thiophene rings is 1. The molecule has 2 aromatic rings. The maximum absolute atomic E-state index is 4.53. The smallest absolute Gasteiger partial charge is 0.0628 e. The van der Waals surface area contributed by atoms with Gasteiger partial charge in [0.2, 0.25) is 0 Å². The van der Waals surface area contributed by atoms with Crippen molar-refractivity contribution >= 4 is 11.3 Å². The van der Waals surface area contributed by atoms with E-state index in [9.17, 15) is 0 Å². The molecule has 21 heavy (non-hydrogen) atoms. The van der Waals surface area contributed by atoms with Gasteiger partial charge in [0.1, 0.15) is 0 Å². The van der Waals surface area contributed by atoms with E-state index in [2.05, 4.69) is 49.6 Å². The Bertz CT molecular complexity index is 583. The molecule has 0 fully saturated rings. The minimum atomic E-state index is 0.453. The monoisotopic (exact) mass is 305 g/mol. The summed E-state index contributed by atoms with van der Waals surface area (Å²) in [4.78, 5) is 1.39. The Hall–Kier alpha value is -1.13. The number of aryl methyl sites for hydroxylation is 3. The van der Waals surface area contributed by atoms with Crippen LogP contribution in [0, 0.1) is 20.8 Å². The second kappa shape index (κ2) is 7.23. The summed E-state index contributed by atoms with van der Waals surface area (Å²) in [5.41, 5.74) is 5.31. The molecule has 1 atom stereocenters. The highest BCUT2D eigenvalue weighted by Gasteiger charge is 2.15. The number of rotatable bonds is 7. The Kier molecular flexibility index (Phi) is 5.59. The topological polar surface area (TPSA) is 29.9 Å². The van der Waals surface area contributed by atoms with E-state index in [4.69, 9.17) is 0 Å². The molecule has 0 spiro atoms. The van der Waals surface area contributed by atoms with Gasteiger partial charge in [0.25, 0.3) is 0 Å². The van der Waals surface area contributed by atoms with Gasteiger partial charge in [-0.15, -0.1) is 11.3 Å². The summed E-state index contributed by atoms with van der Waals surface area (Å²) >= 11 is 1.84. The number of aromatic nitrogens is 2. The Balaban J connectivity index is 2.08. The second-order valence-corrected chi connectivity index (χ2v) is 6.92. The van der Waals surface area contributed by atoms with Gasteiger partial charge in [-0.1, -0.05) is 6.92 Å². The van der Waals surface area contributed by atoms with E-state index in [1.165, 1.54) is 33.8 Å². The van der Waals surface area contributed by atoms with E-state index < -0.39 is 0 Å². The summed E-state index contributed by atoms with van der Waals surface area (Å²) in [5, 5.41) is 10.5. The Morgan fingerprint density at radius 3 is 2.62 bits per heavy atom. The van der Waals surface area contributed by atoms with Crippen LogP contribution in [0.15, 0.2) is 11.4 Å². The molecule has 116 valence electrons. The molecule has 0 saturated heterocycles. The quantitative estimate of drug-likeness (QED) is 0.835. The predicted molar refractivity (Wildman–Crippen MR) is 91.1 cm³/mol. The van der Waals surface area contributed by atoms with Crippen LogP contribution in [-0.2, 0) is 13.5 Å². The molecular weight excluding hydrogens is 278 g/mol. The van der Waals surface area contributed by atoms with Crippen LogP contribution in [0.3, 0.4) is 0 Å². The average Bonchev–Trinajstić information content (AvgIpc) is 2.97. The summed E-state index contributed by atoms with van der Waals surface area (Å²) in [7, 11) is 2.03. The third kappa shape index (κ3) is 3.95. The zero-order valence-corrected chi connectivity index (χ0v) is 14.7. The molecule has 0 bridgehead atoms. The highest BCUT2D eigenvalue weighted by molar-refractivity contribution is 7.10. The average molecular weight is 305 g/mol. The molecular formula is C17H27N3S. The number of hydrogen-bond acceptors (Lipinski definition) is 3. The van der Waals surface area contributed by atoms with E-state index in [1.54, 1.807) is 0 Å². The van der Waals surface area contributed by atoms with Crippen molar-refractivity contribution in [3.05, 3.63) is 38.8 Å². The lowest BCUT2D eigenvalue weighted by Gasteiger charge is -2.17. The lowest BCUT2D eigenvalue weighted by molar-refractivity contribution is 0.499. The van der Waals surface area contributed by atoms with Crippen molar-refractivity contribution in [2.24, 2.45) is 7.05 Å². The first-order valence-corrected chi connectivity index (χ1v) is 8.68. The molecule has 3 nitrogen and oxygen atoms in total. The van der Waals surface area contributed by atoms with Gasteiger partial charge < -0.3 is 5.32 Å². The first-order valence-electron chi connectivity index (χ1n) is 7.80. The largest absolute Gasteiger partial charge is 0.310 e. The summed E-state index contributed by atoms with van der Waals surface area (Å²) < 4.78 is 1.99. The van der Waals surface area contributed by atoms with Gasteiger partial charge in [-0.25, -0.2) is 0 Å². The van der Waals surface area contributed by atoms with Crippen molar-refractivity contribution in [3.63, 3.8) is 0 Å². The normalized spacial score (nSPS) is 12.8. The molecule has 0 aliphatic rings. The molecule has 2 rings (SSSR count). The molecule has 0 aromatic carbocycles. The van der Waals surface area contributed by atoms with Crippen LogP contribution in [0.1, 0.15) is 53.2 Å². The number of nitrogens with one attached hydrogen (secondary N) is 1. The van der Waals surface area contributed by atoms with Gasteiger partial charge in [0.15, 0.2) is 0 Å². The highest BCUT2D eigenvalue weighted by atomic mass is 32.1. The van der Waals surface area contributed by atoms with Gasteiger partial charge in [-0.2, -0.15) is 5.10 Å². The molecule has 0 amide bonds. The summed E-state index contributed by atoms with van der Waals surface area (Å²) in [6, 6.07) is 2.77. The van der Waals surface area contributed by atoms with Gasteiger partial charge in [-0.3, -0.25) is 4.68 Å². The second-order valence-electron chi connectivity index (χ2n) is 5.81. The highest BCUT2D eigenvalue weighted by Crippen LogP contribution is 2.25. The van der Waals surface area contributed by atoms with Crippen LogP contribution in [0.25, 0.3) is 0 Å². The lowest BCUT2D eigenvalue weighted by Crippen LogP contribution is -2.22. The van der Waals surface area contributed by atoms with Crippen LogP contribution in [0.4, 0.5) is 0 Å². The molecule has 2 heterocycles. The van der Waals surface area contributed by atoms with Crippen LogP contribution in [0.2, 0.25) is 0 Å². The van der Waals surface area contributed by atoms with Crippen molar-refractivity contribution in [2.45, 2.75) is 53.0 Å². The minimum Gasteiger partial charge on any atom is -0.310 e. The molecule has 0 saturated carbocycles. The third-order valence-electron chi connectivity index (χ3n) is 4.14. The van der Waals surface area contributed by atoms with Crippen molar-refractivity contribution in [2.75, 3.05) is 6.54 Å². The Morgan fingerprint density at radius 1 is 1.33 bits per heavy atom. The SMILES string of the molecule is CCCNC(CCc1c(C)nn(C)c1C)c1csc(C)c1. The van der Waals surface area contributed by atoms with Crippen molar-refractivity contribution < 1.29 is 0 Å². The van der Waals surface area contributed by atoms with Crippen molar-refractivity contribution in [1.82, 2.24) is 15.1 Å². The predicted octanol–water partition coefficient (Wildman–Crippen LogP) is 4.08. The zero-order valence-electron chi connectivity index (χ0n) is 13.9. The standard InChI is InChI=1S/C17H27N3S/c1-6-9-18-17(15-10-12(2)21-11-15)8-7-16-13(3)19-20(5)14(16)4/h10-11,17-18H,6-9H2,1-5H3. The molecule has 0 aliphatic heterocycles. The van der Waals surface area contributed by atoms with Crippen LogP contribution < -0.4 is 5.32 Å². The van der Waals surface area contributed by atoms with E-state index >= 15 is 0 Å². The van der Waals surface area contributed by atoms with Crippen molar-refractivity contribution in [3.8, 4) is 0 Å². The number of nitrogens with zero attached hydrogens (tertiary/aromatic N) is 2. The Morgan fingerprint density at radius 2 is 2.10 bits per heavy atom. The molecule has 1 unspecified atom stereocenters. The van der Waals surface area contributed by atoms with Crippen molar-refractivity contribution in [1.29, 1.82) is 0 Å². The fraction of sp³-hybridized carbons (Fsp3) is 0.588. The van der Waals surface area contributed by atoms with Gasteiger partial charge >= 0.3 is 0 Å². The first-order chi connectivity index (χ1) is 10.0. The maximum atomic E-state index is 4.53. The summed E-state index contributed by atoms with van der Waals surface area (Å²) in [6.07, 6.45) is 3.38. The van der Waals surface area contributed by atoms with E-state index in [1.807, 2.05) is 23.1 Å². The fourth-order valence-corrected chi connectivity index (χ4v) is 3.58. The minimum absolute atomic E-state index is 0.453. The molecule has 0 radical (unpaired) electrons. The van der Waals surface area contributed by atoms with Crippen LogP contribution in [-0.4, -0.2) is 16.3 Å². The van der Waals surface area contributed by atoms with Crippen LogP contribution >= 0.6 is 11.3 Å². The molecule has 4 heteroatoms. The molecule has 2 aromatic heterocycles. The number of hydrogen-bond donors (Lipinski definition) is 1. The van der Waals surface area contributed by atoms with Gasteiger partial charge in [-0.05, 0) is 69.2 Å². The molecule has 1 N–H and O–H groups in total. The van der Waals surface area contributed by atoms with Gasteiger partial charge in [0, 0.05) is 23.7 Å². The lowest BCUT2D eigenvalue weighted by atomic mass is 9.99. The van der Waals surface area contributed by atoms with E-state index in [-0.39, 0.29) is 0 Å². The van der Waals surface area contributed by atoms with E-state index in [0.29, 0.717) is 6.04 Å². The fourth-order valence-electron chi connectivity index (χ4n) is 2.82. The summed E-state index contributed by atoms with van der Waals surface area (Å²) in [6.45, 7) is 9.76. The molecule has 0 aliphatic carbocycles. The Labute approximate surface area is 132 Å².